The molecular formula is C17H17BrN2O2S. The van der Waals surface area contributed by atoms with E-state index in [1.165, 1.54) is 16.2 Å². The third-order valence-corrected chi connectivity index (χ3v) is 5.73. The second-order valence-electron chi connectivity index (χ2n) is 5.88. The van der Waals surface area contributed by atoms with Crippen LogP contribution in [0.4, 0.5) is 5.00 Å². The summed E-state index contributed by atoms with van der Waals surface area (Å²) in [5.41, 5.74) is 7.61. The molecule has 120 valence electrons. The van der Waals surface area contributed by atoms with Gasteiger partial charge >= 0.3 is 0 Å². The van der Waals surface area contributed by atoms with Crippen LogP contribution < -0.4 is 11.1 Å². The molecule has 23 heavy (non-hydrogen) atoms. The summed E-state index contributed by atoms with van der Waals surface area (Å²) in [6, 6.07) is 7.14. The highest BCUT2D eigenvalue weighted by Crippen LogP contribution is 2.39. The molecule has 1 heterocycles. The molecule has 1 unspecified atom stereocenters. The Balaban J connectivity index is 1.94. The van der Waals surface area contributed by atoms with Gasteiger partial charge in [-0.05, 0) is 48.9 Å². The molecule has 4 nitrogen and oxygen atoms in total. The normalized spacial score (nSPS) is 16.7. The van der Waals surface area contributed by atoms with Gasteiger partial charge in [0.1, 0.15) is 5.00 Å². The van der Waals surface area contributed by atoms with E-state index >= 15 is 0 Å². The molecule has 0 spiro atoms. The van der Waals surface area contributed by atoms with Gasteiger partial charge < -0.3 is 11.1 Å². The summed E-state index contributed by atoms with van der Waals surface area (Å²) in [5, 5.41) is 3.44. The van der Waals surface area contributed by atoms with Gasteiger partial charge in [-0.25, -0.2) is 0 Å². The van der Waals surface area contributed by atoms with Crippen molar-refractivity contribution in [3.8, 4) is 0 Å². The quantitative estimate of drug-likeness (QED) is 0.828. The lowest BCUT2D eigenvalue weighted by Crippen LogP contribution is -2.19. The number of hydrogen-bond donors (Lipinski definition) is 2. The van der Waals surface area contributed by atoms with Crippen molar-refractivity contribution in [3.63, 3.8) is 0 Å². The predicted molar refractivity (Wildman–Crippen MR) is 96.1 cm³/mol. The third-order valence-electron chi connectivity index (χ3n) is 4.07. The van der Waals surface area contributed by atoms with E-state index < -0.39 is 5.91 Å². The van der Waals surface area contributed by atoms with Crippen LogP contribution in [0.25, 0.3) is 0 Å². The highest BCUT2D eigenvalue weighted by molar-refractivity contribution is 9.10. The van der Waals surface area contributed by atoms with Gasteiger partial charge in [-0.2, -0.15) is 0 Å². The number of fused-ring (bicyclic) bond motifs is 1. The summed E-state index contributed by atoms with van der Waals surface area (Å²) in [6.07, 6.45) is 2.83. The number of amides is 2. The molecule has 2 aromatic rings. The van der Waals surface area contributed by atoms with Crippen molar-refractivity contribution >= 4 is 44.1 Å². The Hall–Kier alpha value is -1.66. The molecule has 0 fully saturated rings. The fraction of sp³-hybridized carbons (Fsp3) is 0.294. The zero-order valence-electron chi connectivity index (χ0n) is 12.7. The second-order valence-corrected chi connectivity index (χ2v) is 7.91. The zero-order valence-corrected chi connectivity index (χ0v) is 15.1. The molecule has 0 aliphatic heterocycles. The Labute approximate surface area is 147 Å². The minimum Gasteiger partial charge on any atom is -0.365 e. The lowest BCUT2D eigenvalue weighted by Gasteiger charge is -2.18. The molecule has 1 aromatic carbocycles. The smallest absolute Gasteiger partial charge is 0.256 e. The van der Waals surface area contributed by atoms with Crippen LogP contribution >= 0.6 is 27.3 Å². The monoisotopic (exact) mass is 392 g/mol. The summed E-state index contributed by atoms with van der Waals surface area (Å²) in [5.74, 6) is -0.113. The Kier molecular flexibility index (Phi) is 4.55. The Morgan fingerprint density at radius 2 is 2.17 bits per heavy atom. The van der Waals surface area contributed by atoms with Crippen molar-refractivity contribution in [2.75, 3.05) is 5.32 Å². The number of nitrogens with two attached hydrogens (primary N) is 1. The standard InChI is InChI=1S/C17H17BrN2O2S/c1-9-5-6-12-13(7-9)23-17(14(12)15(19)21)20-16(22)10-3-2-4-11(18)8-10/h2-4,8-9H,5-7H2,1H3,(H2,19,21)(H,20,22). The summed E-state index contributed by atoms with van der Waals surface area (Å²) in [6.45, 7) is 2.20. The summed E-state index contributed by atoms with van der Waals surface area (Å²) in [4.78, 5) is 25.5. The number of rotatable bonds is 3. The molecule has 1 aromatic heterocycles. The van der Waals surface area contributed by atoms with E-state index in [0.29, 0.717) is 22.0 Å². The van der Waals surface area contributed by atoms with Crippen molar-refractivity contribution in [1.29, 1.82) is 0 Å². The molecule has 3 N–H and O–H groups in total. The highest BCUT2D eigenvalue weighted by atomic mass is 79.9. The number of halogens is 1. The summed E-state index contributed by atoms with van der Waals surface area (Å²) < 4.78 is 0.833. The van der Waals surface area contributed by atoms with Crippen LogP contribution in [0.1, 0.15) is 44.5 Å². The molecule has 0 bridgehead atoms. The van der Waals surface area contributed by atoms with E-state index in [1.54, 1.807) is 18.2 Å². The van der Waals surface area contributed by atoms with Crippen LogP contribution in [0, 0.1) is 5.92 Å². The largest absolute Gasteiger partial charge is 0.365 e. The molecule has 3 rings (SSSR count). The summed E-state index contributed by atoms with van der Waals surface area (Å²) >= 11 is 4.83. The highest BCUT2D eigenvalue weighted by Gasteiger charge is 2.27. The van der Waals surface area contributed by atoms with Crippen molar-refractivity contribution < 1.29 is 9.59 Å². The molecule has 6 heteroatoms. The molecule has 0 saturated heterocycles. The first kappa shape index (κ1) is 16.2. The van der Waals surface area contributed by atoms with Crippen LogP contribution in [-0.2, 0) is 12.8 Å². The average molecular weight is 393 g/mol. The first-order valence-corrected chi connectivity index (χ1v) is 9.08. The average Bonchev–Trinajstić information content (AvgIpc) is 2.84. The van der Waals surface area contributed by atoms with E-state index in [4.69, 9.17) is 5.73 Å². The predicted octanol–water partition coefficient (Wildman–Crippen LogP) is 3.99. The van der Waals surface area contributed by atoms with Crippen molar-refractivity contribution in [3.05, 3.63) is 50.3 Å². The van der Waals surface area contributed by atoms with E-state index in [9.17, 15) is 9.59 Å². The number of primary amides is 1. The first-order valence-electron chi connectivity index (χ1n) is 7.47. The minimum absolute atomic E-state index is 0.236. The van der Waals surface area contributed by atoms with Gasteiger partial charge in [0, 0.05) is 14.9 Å². The fourth-order valence-electron chi connectivity index (χ4n) is 2.90. The van der Waals surface area contributed by atoms with Gasteiger partial charge in [0.25, 0.3) is 11.8 Å². The molecule has 0 radical (unpaired) electrons. The van der Waals surface area contributed by atoms with Gasteiger partial charge in [-0.15, -0.1) is 11.3 Å². The van der Waals surface area contributed by atoms with E-state index in [-0.39, 0.29) is 5.91 Å². The Morgan fingerprint density at radius 3 is 2.87 bits per heavy atom. The molecule has 1 atom stereocenters. The van der Waals surface area contributed by atoms with Crippen LogP contribution in [0.2, 0.25) is 0 Å². The topological polar surface area (TPSA) is 72.2 Å². The Bertz CT molecular complexity index is 785. The van der Waals surface area contributed by atoms with E-state index in [0.717, 1.165) is 29.3 Å². The van der Waals surface area contributed by atoms with Crippen LogP contribution in [0.3, 0.4) is 0 Å². The van der Waals surface area contributed by atoms with Crippen molar-refractivity contribution in [1.82, 2.24) is 0 Å². The number of nitrogens with one attached hydrogen (secondary N) is 1. The van der Waals surface area contributed by atoms with E-state index in [2.05, 4.69) is 28.2 Å². The lowest BCUT2D eigenvalue weighted by molar-refractivity contribution is 0.1000. The fourth-order valence-corrected chi connectivity index (χ4v) is 4.71. The first-order chi connectivity index (χ1) is 11.0. The SMILES string of the molecule is CC1CCc2c(sc(NC(=O)c3cccc(Br)c3)c2C(N)=O)C1. The van der Waals surface area contributed by atoms with Gasteiger partial charge in [0.2, 0.25) is 0 Å². The molecule has 2 amide bonds. The van der Waals surface area contributed by atoms with Gasteiger partial charge in [0.15, 0.2) is 0 Å². The second kappa shape index (κ2) is 6.45. The zero-order chi connectivity index (χ0) is 16.6. The van der Waals surface area contributed by atoms with Gasteiger partial charge in [-0.1, -0.05) is 28.9 Å². The van der Waals surface area contributed by atoms with Crippen LogP contribution in [0.15, 0.2) is 28.7 Å². The van der Waals surface area contributed by atoms with Crippen molar-refractivity contribution in [2.24, 2.45) is 11.7 Å². The maximum absolute atomic E-state index is 12.4. The third kappa shape index (κ3) is 3.33. The van der Waals surface area contributed by atoms with Crippen LogP contribution in [-0.4, -0.2) is 11.8 Å². The number of anilines is 1. The number of hydrogen-bond acceptors (Lipinski definition) is 3. The number of carbonyl (C=O) groups excluding carboxylic acids is 2. The molecule has 0 saturated carbocycles. The molecule has 1 aliphatic rings. The lowest BCUT2D eigenvalue weighted by atomic mass is 9.88. The number of thiophene rings is 1. The molecular weight excluding hydrogens is 376 g/mol. The van der Waals surface area contributed by atoms with Crippen molar-refractivity contribution in [2.45, 2.75) is 26.2 Å². The van der Waals surface area contributed by atoms with Gasteiger partial charge in [0.05, 0.1) is 5.56 Å². The molecule has 1 aliphatic carbocycles. The van der Waals surface area contributed by atoms with Crippen LogP contribution in [0.5, 0.6) is 0 Å². The maximum Gasteiger partial charge on any atom is 0.256 e. The minimum atomic E-state index is -0.471. The van der Waals surface area contributed by atoms with E-state index in [1.807, 2.05) is 6.07 Å². The van der Waals surface area contributed by atoms with Gasteiger partial charge in [-0.3, -0.25) is 9.59 Å². The number of benzene rings is 1. The Morgan fingerprint density at radius 1 is 1.39 bits per heavy atom. The number of carbonyl (C=O) groups is 2. The summed E-state index contributed by atoms with van der Waals surface area (Å²) in [7, 11) is 0. The maximum atomic E-state index is 12.4.